The van der Waals surface area contributed by atoms with Gasteiger partial charge in [-0.05, 0) is 49.5 Å². The number of allylic oxidation sites excluding steroid dienone is 9. The highest BCUT2D eigenvalue weighted by Crippen LogP contribution is 2.28. The Labute approximate surface area is 121 Å². The fourth-order valence-corrected chi connectivity index (χ4v) is 1.87. The molecule has 1 rings (SSSR count). The predicted octanol–water partition coefficient (Wildman–Crippen LogP) is 4.74. The van der Waals surface area contributed by atoms with Crippen LogP contribution in [-0.2, 0) is 4.79 Å². The quantitative estimate of drug-likeness (QED) is 0.445. The summed E-state index contributed by atoms with van der Waals surface area (Å²) in [6, 6.07) is 0. The van der Waals surface area contributed by atoms with Crippen molar-refractivity contribution >= 4 is 5.78 Å². The van der Waals surface area contributed by atoms with Crippen LogP contribution in [0, 0.1) is 0 Å². The maximum absolute atomic E-state index is 11.2. The summed E-state index contributed by atoms with van der Waals surface area (Å²) in [5.41, 5.74) is 4.38. The summed E-state index contributed by atoms with van der Waals surface area (Å²) in [6.07, 6.45) is 9.07. The molecule has 1 aliphatic rings. The molecule has 0 aromatic heterocycles. The van der Waals surface area contributed by atoms with Gasteiger partial charge in [0.2, 0.25) is 0 Å². The minimum absolute atomic E-state index is 0.0909. The average molecular weight is 270 g/mol. The lowest BCUT2D eigenvalue weighted by Gasteiger charge is -2.16. The first-order valence-electron chi connectivity index (χ1n) is 6.72. The summed E-state index contributed by atoms with van der Waals surface area (Å²) in [4.78, 5) is 11.2. The van der Waals surface area contributed by atoms with Gasteiger partial charge in [0.25, 0.3) is 0 Å². The lowest BCUT2D eigenvalue weighted by atomic mass is 9.90. The number of aliphatic hydroxyl groups is 1. The van der Waals surface area contributed by atoms with Crippen molar-refractivity contribution in [3.63, 3.8) is 0 Å². The van der Waals surface area contributed by atoms with E-state index >= 15 is 0 Å². The SMILES string of the molecule is C=C(/C=C(O)\C(C)=C1\C=CC=C(C(=C)CC)C1)C(C)=O. The van der Waals surface area contributed by atoms with Crippen molar-refractivity contribution in [1.82, 2.24) is 0 Å². The molecule has 20 heavy (non-hydrogen) atoms. The lowest BCUT2D eigenvalue weighted by Crippen LogP contribution is -1.99. The van der Waals surface area contributed by atoms with Gasteiger partial charge in [-0.2, -0.15) is 0 Å². The molecule has 1 aliphatic carbocycles. The first-order valence-corrected chi connectivity index (χ1v) is 6.72. The summed E-state index contributed by atoms with van der Waals surface area (Å²) >= 11 is 0. The molecule has 0 aliphatic heterocycles. The van der Waals surface area contributed by atoms with Crippen LogP contribution < -0.4 is 0 Å². The van der Waals surface area contributed by atoms with Crippen molar-refractivity contribution in [3.8, 4) is 0 Å². The van der Waals surface area contributed by atoms with Gasteiger partial charge in [-0.15, -0.1) is 0 Å². The van der Waals surface area contributed by atoms with Crippen molar-refractivity contribution in [2.75, 3.05) is 0 Å². The smallest absolute Gasteiger partial charge is 0.159 e. The second-order valence-electron chi connectivity index (χ2n) is 4.95. The van der Waals surface area contributed by atoms with Gasteiger partial charge in [-0.3, -0.25) is 4.79 Å². The van der Waals surface area contributed by atoms with Crippen LogP contribution in [0.15, 0.2) is 71.1 Å². The molecule has 0 amide bonds. The number of aliphatic hydroxyl groups excluding tert-OH is 1. The molecule has 0 bridgehead atoms. The fraction of sp³-hybridized carbons (Fsp3) is 0.278. The zero-order valence-corrected chi connectivity index (χ0v) is 12.5. The highest BCUT2D eigenvalue weighted by molar-refractivity contribution is 5.95. The molecule has 2 nitrogen and oxygen atoms in total. The van der Waals surface area contributed by atoms with Crippen molar-refractivity contribution in [2.45, 2.75) is 33.6 Å². The Morgan fingerprint density at radius 1 is 1.40 bits per heavy atom. The number of hydrogen-bond acceptors (Lipinski definition) is 2. The third kappa shape index (κ3) is 3.95. The zero-order valence-electron chi connectivity index (χ0n) is 12.5. The molecule has 0 heterocycles. The van der Waals surface area contributed by atoms with Crippen LogP contribution >= 0.6 is 0 Å². The monoisotopic (exact) mass is 270 g/mol. The number of ketones is 1. The minimum atomic E-state index is -0.145. The Bertz CT molecular complexity index is 566. The Hall–Kier alpha value is -2.09. The summed E-state index contributed by atoms with van der Waals surface area (Å²) in [5, 5.41) is 10.1. The van der Waals surface area contributed by atoms with E-state index in [0.29, 0.717) is 5.57 Å². The Morgan fingerprint density at radius 3 is 2.60 bits per heavy atom. The number of Topliss-reactive ketones (excluding diaryl/α,β-unsaturated/α-hetero) is 1. The molecule has 0 saturated heterocycles. The fourth-order valence-electron chi connectivity index (χ4n) is 1.87. The second kappa shape index (κ2) is 6.90. The van der Waals surface area contributed by atoms with Crippen LogP contribution in [0.2, 0.25) is 0 Å². The summed E-state index contributed by atoms with van der Waals surface area (Å²) in [5.74, 6) is -0.0540. The van der Waals surface area contributed by atoms with E-state index < -0.39 is 0 Å². The molecule has 0 atom stereocenters. The summed E-state index contributed by atoms with van der Waals surface area (Å²) in [6.45, 7) is 13.0. The van der Waals surface area contributed by atoms with E-state index in [4.69, 9.17) is 0 Å². The van der Waals surface area contributed by atoms with Crippen LogP contribution in [0.5, 0.6) is 0 Å². The van der Waals surface area contributed by atoms with E-state index in [1.54, 1.807) is 0 Å². The largest absolute Gasteiger partial charge is 0.508 e. The summed E-state index contributed by atoms with van der Waals surface area (Å²) < 4.78 is 0. The molecular weight excluding hydrogens is 248 g/mol. The summed E-state index contributed by atoms with van der Waals surface area (Å²) in [7, 11) is 0. The van der Waals surface area contributed by atoms with Gasteiger partial charge in [0, 0.05) is 5.57 Å². The zero-order chi connectivity index (χ0) is 15.3. The van der Waals surface area contributed by atoms with E-state index in [1.807, 2.05) is 19.1 Å². The highest BCUT2D eigenvalue weighted by Gasteiger charge is 2.11. The molecule has 106 valence electrons. The molecule has 0 radical (unpaired) electrons. The number of hydrogen-bond donors (Lipinski definition) is 1. The molecule has 2 heteroatoms. The van der Waals surface area contributed by atoms with Crippen LogP contribution in [0.1, 0.15) is 33.6 Å². The van der Waals surface area contributed by atoms with E-state index in [1.165, 1.54) is 18.6 Å². The van der Waals surface area contributed by atoms with Crippen LogP contribution in [0.4, 0.5) is 0 Å². The molecule has 0 fully saturated rings. The Balaban J connectivity index is 3.01. The van der Waals surface area contributed by atoms with Crippen molar-refractivity contribution < 1.29 is 9.90 Å². The second-order valence-corrected chi connectivity index (χ2v) is 4.95. The van der Waals surface area contributed by atoms with Crippen LogP contribution in [-0.4, -0.2) is 10.9 Å². The first kappa shape index (κ1) is 16.0. The van der Waals surface area contributed by atoms with Crippen LogP contribution in [0.25, 0.3) is 0 Å². The van der Waals surface area contributed by atoms with E-state index in [-0.39, 0.29) is 11.5 Å². The van der Waals surface area contributed by atoms with Gasteiger partial charge < -0.3 is 5.11 Å². The van der Waals surface area contributed by atoms with Crippen molar-refractivity contribution in [1.29, 1.82) is 0 Å². The maximum atomic E-state index is 11.2. The molecule has 0 unspecified atom stereocenters. The molecule has 0 aromatic rings. The van der Waals surface area contributed by atoms with Gasteiger partial charge in [0.15, 0.2) is 5.78 Å². The normalized spacial score (nSPS) is 17.6. The highest BCUT2D eigenvalue weighted by atomic mass is 16.3. The van der Waals surface area contributed by atoms with E-state index in [0.717, 1.165) is 29.6 Å². The molecule has 0 saturated carbocycles. The Kier molecular flexibility index (Phi) is 5.51. The van der Waals surface area contributed by atoms with E-state index in [2.05, 4.69) is 26.2 Å². The third-order valence-electron chi connectivity index (χ3n) is 3.49. The predicted molar refractivity (Wildman–Crippen MR) is 84.5 cm³/mol. The lowest BCUT2D eigenvalue weighted by molar-refractivity contribution is -0.113. The standard InChI is InChI=1S/C18H22O2/c1-6-12(2)16-8-7-9-17(11-16)14(4)18(20)10-13(3)15(5)19/h7-10,20H,2-3,6,11H2,1,4-5H3/b17-14-,18-10+. The molecule has 0 spiro atoms. The van der Waals surface area contributed by atoms with E-state index in [9.17, 15) is 9.90 Å². The Morgan fingerprint density at radius 2 is 2.05 bits per heavy atom. The molecular formula is C18H22O2. The number of carbonyl (C=O) groups excluding carboxylic acids is 1. The van der Waals surface area contributed by atoms with Gasteiger partial charge in [0.05, 0.1) is 0 Å². The minimum Gasteiger partial charge on any atom is -0.508 e. The number of rotatable bonds is 5. The van der Waals surface area contributed by atoms with Gasteiger partial charge >= 0.3 is 0 Å². The molecule has 1 N–H and O–H groups in total. The van der Waals surface area contributed by atoms with Crippen molar-refractivity contribution in [3.05, 3.63) is 71.1 Å². The van der Waals surface area contributed by atoms with Crippen molar-refractivity contribution in [2.24, 2.45) is 0 Å². The van der Waals surface area contributed by atoms with Gasteiger partial charge in [0.1, 0.15) is 5.76 Å². The van der Waals surface area contributed by atoms with Gasteiger partial charge in [-0.25, -0.2) is 0 Å². The number of carbonyl (C=O) groups is 1. The topological polar surface area (TPSA) is 37.3 Å². The molecule has 0 aromatic carbocycles. The van der Waals surface area contributed by atoms with Gasteiger partial charge in [-0.1, -0.05) is 43.9 Å². The average Bonchev–Trinajstić information content (AvgIpc) is 2.45. The third-order valence-corrected chi connectivity index (χ3v) is 3.49. The first-order chi connectivity index (χ1) is 9.36. The van der Waals surface area contributed by atoms with Crippen LogP contribution in [0.3, 0.4) is 0 Å². The maximum Gasteiger partial charge on any atom is 0.159 e.